The molecule has 0 bridgehead atoms. The summed E-state index contributed by atoms with van der Waals surface area (Å²) in [6, 6.07) is 4.60. The lowest BCUT2D eigenvalue weighted by atomic mass is 9.95. The maximum Gasteiger partial charge on any atom is 0.242 e. The van der Waals surface area contributed by atoms with Crippen molar-refractivity contribution < 1.29 is 13.2 Å². The third kappa shape index (κ3) is 3.95. The van der Waals surface area contributed by atoms with E-state index in [-0.39, 0.29) is 21.6 Å². The van der Waals surface area contributed by atoms with Crippen molar-refractivity contribution in [2.45, 2.75) is 43.2 Å². The zero-order valence-electron chi connectivity index (χ0n) is 11.3. The van der Waals surface area contributed by atoms with Crippen LogP contribution in [0.25, 0.3) is 0 Å². The molecule has 1 aromatic carbocycles. The summed E-state index contributed by atoms with van der Waals surface area (Å²) in [6.07, 6.45) is 1.30. The van der Waals surface area contributed by atoms with Gasteiger partial charge in [0.25, 0.3) is 0 Å². The van der Waals surface area contributed by atoms with E-state index >= 15 is 0 Å². The van der Waals surface area contributed by atoms with E-state index in [4.69, 9.17) is 16.3 Å². The molecule has 1 aliphatic heterocycles. The van der Waals surface area contributed by atoms with Gasteiger partial charge in [0.05, 0.1) is 10.6 Å². The van der Waals surface area contributed by atoms with Crippen LogP contribution in [0.4, 0.5) is 0 Å². The molecular weight excluding hydrogens is 366 g/mol. The fourth-order valence-corrected chi connectivity index (χ4v) is 4.62. The molecule has 0 aliphatic carbocycles. The molecule has 0 aromatic heterocycles. The van der Waals surface area contributed by atoms with Gasteiger partial charge < -0.3 is 4.74 Å². The summed E-state index contributed by atoms with van der Waals surface area (Å²) in [5.74, 6) is 0. The molecule has 1 atom stereocenters. The summed E-state index contributed by atoms with van der Waals surface area (Å²) >= 11 is 9.27. The predicted octanol–water partition coefficient (Wildman–Crippen LogP) is 3.34. The Morgan fingerprint density at radius 2 is 2.15 bits per heavy atom. The number of benzene rings is 1. The summed E-state index contributed by atoms with van der Waals surface area (Å²) in [7, 11) is -3.62. The fraction of sp³-hybridized carbons (Fsp3) is 0.538. The zero-order valence-corrected chi connectivity index (χ0v) is 14.5. The van der Waals surface area contributed by atoms with E-state index in [2.05, 4.69) is 20.7 Å². The van der Waals surface area contributed by atoms with Crippen LogP contribution in [0.5, 0.6) is 0 Å². The average molecular weight is 383 g/mol. The maximum absolute atomic E-state index is 12.4. The molecule has 4 nitrogen and oxygen atoms in total. The Kier molecular flexibility index (Phi) is 4.81. The van der Waals surface area contributed by atoms with Crippen LogP contribution in [0.15, 0.2) is 27.6 Å². The summed E-state index contributed by atoms with van der Waals surface area (Å²) in [4.78, 5) is 0.103. The van der Waals surface area contributed by atoms with Gasteiger partial charge in [0.15, 0.2) is 0 Å². The van der Waals surface area contributed by atoms with E-state index in [0.717, 1.165) is 4.47 Å². The van der Waals surface area contributed by atoms with Crippen LogP contribution in [-0.2, 0) is 14.8 Å². The smallest absolute Gasteiger partial charge is 0.242 e. The van der Waals surface area contributed by atoms with Crippen LogP contribution in [0, 0.1) is 0 Å². The third-order valence-corrected chi connectivity index (χ3v) is 5.70. The van der Waals surface area contributed by atoms with E-state index < -0.39 is 10.0 Å². The van der Waals surface area contributed by atoms with Gasteiger partial charge in [0.1, 0.15) is 4.90 Å². The van der Waals surface area contributed by atoms with Crippen molar-refractivity contribution in [1.29, 1.82) is 0 Å². The lowest BCUT2D eigenvalue weighted by Gasteiger charge is -2.35. The molecule has 20 heavy (non-hydrogen) atoms. The van der Waals surface area contributed by atoms with Gasteiger partial charge in [-0.3, -0.25) is 0 Å². The average Bonchev–Trinajstić information content (AvgIpc) is 2.25. The Morgan fingerprint density at radius 3 is 2.75 bits per heavy atom. The predicted molar refractivity (Wildman–Crippen MR) is 82.5 cm³/mol. The summed E-state index contributed by atoms with van der Waals surface area (Å²) < 4.78 is 33.8. The molecule has 1 fully saturated rings. The van der Waals surface area contributed by atoms with Gasteiger partial charge in [0.2, 0.25) is 10.0 Å². The highest BCUT2D eigenvalue weighted by atomic mass is 79.9. The van der Waals surface area contributed by atoms with E-state index in [1.807, 2.05) is 13.8 Å². The highest BCUT2D eigenvalue weighted by Crippen LogP contribution is 2.28. The fourth-order valence-electron chi connectivity index (χ4n) is 2.31. The third-order valence-electron chi connectivity index (χ3n) is 3.20. The molecule has 1 unspecified atom stereocenters. The SMILES string of the molecule is CC1(C)CC(NS(=O)(=O)c2ccc(Br)cc2Cl)CCO1. The normalized spacial score (nSPS) is 22.7. The molecule has 0 saturated carbocycles. The van der Waals surface area contributed by atoms with Crippen molar-refractivity contribution in [1.82, 2.24) is 4.72 Å². The van der Waals surface area contributed by atoms with Gasteiger partial charge >= 0.3 is 0 Å². The minimum Gasteiger partial charge on any atom is -0.375 e. The van der Waals surface area contributed by atoms with Gasteiger partial charge in [-0.2, -0.15) is 0 Å². The maximum atomic E-state index is 12.4. The van der Waals surface area contributed by atoms with Crippen LogP contribution < -0.4 is 4.72 Å². The molecule has 1 saturated heterocycles. The van der Waals surface area contributed by atoms with Crippen LogP contribution in [-0.4, -0.2) is 26.7 Å². The van der Waals surface area contributed by atoms with Crippen molar-refractivity contribution in [2.24, 2.45) is 0 Å². The number of ether oxygens (including phenoxy) is 1. The van der Waals surface area contributed by atoms with Gasteiger partial charge in [-0.15, -0.1) is 0 Å². The second-order valence-electron chi connectivity index (χ2n) is 5.49. The first kappa shape index (κ1) is 16.2. The number of sulfonamides is 1. The molecule has 1 aliphatic rings. The van der Waals surface area contributed by atoms with Gasteiger partial charge in [-0.25, -0.2) is 13.1 Å². The first-order chi connectivity index (χ1) is 9.20. The second-order valence-corrected chi connectivity index (χ2v) is 8.50. The number of rotatable bonds is 3. The molecule has 1 heterocycles. The van der Waals surface area contributed by atoms with Crippen LogP contribution in [0.2, 0.25) is 5.02 Å². The van der Waals surface area contributed by atoms with Crippen molar-refractivity contribution >= 4 is 37.6 Å². The first-order valence-electron chi connectivity index (χ1n) is 6.31. The summed E-state index contributed by atoms with van der Waals surface area (Å²) in [6.45, 7) is 4.47. The Hall–Kier alpha value is -0.140. The molecule has 2 rings (SSSR count). The van der Waals surface area contributed by atoms with Crippen molar-refractivity contribution in [3.05, 3.63) is 27.7 Å². The lowest BCUT2D eigenvalue weighted by Crippen LogP contribution is -2.45. The molecule has 0 amide bonds. The van der Waals surface area contributed by atoms with Crippen LogP contribution in [0.3, 0.4) is 0 Å². The van der Waals surface area contributed by atoms with E-state index in [9.17, 15) is 8.42 Å². The Bertz CT molecular complexity index is 604. The van der Waals surface area contributed by atoms with E-state index in [1.165, 1.54) is 6.07 Å². The minimum absolute atomic E-state index is 0.103. The van der Waals surface area contributed by atoms with E-state index in [1.54, 1.807) is 12.1 Å². The Morgan fingerprint density at radius 1 is 1.45 bits per heavy atom. The molecule has 0 spiro atoms. The second kappa shape index (κ2) is 5.93. The molecule has 1 aromatic rings. The van der Waals surface area contributed by atoms with Crippen molar-refractivity contribution in [3.63, 3.8) is 0 Å². The van der Waals surface area contributed by atoms with Crippen LogP contribution >= 0.6 is 27.5 Å². The highest BCUT2D eigenvalue weighted by Gasteiger charge is 2.32. The van der Waals surface area contributed by atoms with Crippen molar-refractivity contribution in [2.75, 3.05) is 6.61 Å². The molecule has 1 N–H and O–H groups in total. The molecule has 7 heteroatoms. The standard InChI is InChI=1S/C13H17BrClNO3S/c1-13(2)8-10(5-6-19-13)16-20(17,18)12-4-3-9(14)7-11(12)15/h3-4,7,10,16H,5-6,8H2,1-2H3. The summed E-state index contributed by atoms with van der Waals surface area (Å²) in [5.41, 5.74) is -0.311. The number of hydrogen-bond donors (Lipinski definition) is 1. The Labute approximate surface area is 133 Å². The van der Waals surface area contributed by atoms with Crippen molar-refractivity contribution in [3.8, 4) is 0 Å². The first-order valence-corrected chi connectivity index (χ1v) is 8.96. The van der Waals surface area contributed by atoms with Gasteiger partial charge in [-0.1, -0.05) is 27.5 Å². The monoisotopic (exact) mass is 381 g/mol. The largest absolute Gasteiger partial charge is 0.375 e. The van der Waals surface area contributed by atoms with Gasteiger partial charge in [0, 0.05) is 17.1 Å². The topological polar surface area (TPSA) is 55.4 Å². The van der Waals surface area contributed by atoms with E-state index in [0.29, 0.717) is 19.4 Å². The van der Waals surface area contributed by atoms with Gasteiger partial charge in [-0.05, 0) is 44.9 Å². The number of nitrogens with one attached hydrogen (secondary N) is 1. The lowest BCUT2D eigenvalue weighted by molar-refractivity contribution is -0.0599. The molecular formula is C13H17BrClNO3S. The Balaban J connectivity index is 2.19. The number of halogens is 2. The van der Waals surface area contributed by atoms with Crippen LogP contribution in [0.1, 0.15) is 26.7 Å². The minimum atomic E-state index is -3.62. The molecule has 0 radical (unpaired) electrons. The summed E-state index contributed by atoms with van der Waals surface area (Å²) in [5, 5.41) is 0.207. The number of hydrogen-bond acceptors (Lipinski definition) is 3. The highest BCUT2D eigenvalue weighted by molar-refractivity contribution is 9.10. The quantitative estimate of drug-likeness (QED) is 0.872. The molecule has 112 valence electrons. The zero-order chi connectivity index (χ0) is 15.0.